The minimum Gasteiger partial charge on any atom is -0.499 e. The summed E-state index contributed by atoms with van der Waals surface area (Å²) in [6.07, 6.45) is 0.408. The third-order valence-electron chi connectivity index (χ3n) is 1.17. The van der Waals surface area contributed by atoms with Crippen LogP contribution < -0.4 is 0 Å². The van der Waals surface area contributed by atoms with Crippen molar-refractivity contribution in [1.82, 2.24) is 0 Å². The van der Waals surface area contributed by atoms with Crippen molar-refractivity contribution in [2.24, 2.45) is 0 Å². The van der Waals surface area contributed by atoms with Gasteiger partial charge in [0.2, 0.25) is 0 Å². The Kier molecular flexibility index (Phi) is 3.75. The van der Waals surface area contributed by atoms with E-state index in [1.165, 1.54) is 7.11 Å². The van der Waals surface area contributed by atoms with Crippen LogP contribution in [0.4, 0.5) is 0 Å². The van der Waals surface area contributed by atoms with E-state index in [2.05, 4.69) is 0 Å². The number of hydrogen-bond donors (Lipinski definition) is 1. The van der Waals surface area contributed by atoms with Crippen LogP contribution >= 0.6 is 0 Å². The Morgan fingerprint density at radius 3 is 2.36 bits per heavy atom. The van der Waals surface area contributed by atoms with Gasteiger partial charge >= 0.3 is 5.97 Å². The summed E-state index contributed by atoms with van der Waals surface area (Å²) in [5.41, 5.74) is -0.324. The number of aliphatic carboxylic acids is 1. The summed E-state index contributed by atoms with van der Waals surface area (Å²) in [5.74, 6) is -1.04. The van der Waals surface area contributed by atoms with Gasteiger partial charge in [-0.15, -0.1) is 0 Å². The summed E-state index contributed by atoms with van der Waals surface area (Å²) in [7, 11) is 1.35. The molecule has 0 aromatic carbocycles. The molecule has 0 atom stereocenters. The third kappa shape index (κ3) is 2.30. The SMILES string of the molecule is CC/C(OC)=C(/C#N)C(=O)O. The van der Waals surface area contributed by atoms with Crippen molar-refractivity contribution in [2.45, 2.75) is 13.3 Å². The number of hydrogen-bond acceptors (Lipinski definition) is 3. The van der Waals surface area contributed by atoms with Crippen molar-refractivity contribution in [3.05, 3.63) is 11.3 Å². The molecule has 0 aliphatic heterocycles. The van der Waals surface area contributed by atoms with Crippen molar-refractivity contribution < 1.29 is 14.6 Å². The Hall–Kier alpha value is -1.50. The second-order valence-corrected chi connectivity index (χ2v) is 1.77. The lowest BCUT2D eigenvalue weighted by Crippen LogP contribution is -2.03. The van der Waals surface area contributed by atoms with E-state index >= 15 is 0 Å². The van der Waals surface area contributed by atoms with Crippen LogP contribution in [0.1, 0.15) is 13.3 Å². The van der Waals surface area contributed by atoms with Crippen LogP contribution in [0.25, 0.3) is 0 Å². The van der Waals surface area contributed by atoms with Gasteiger partial charge in [0, 0.05) is 6.42 Å². The van der Waals surface area contributed by atoms with Crippen LogP contribution in [-0.2, 0) is 9.53 Å². The van der Waals surface area contributed by atoms with Crippen LogP contribution in [0.15, 0.2) is 11.3 Å². The van der Waals surface area contributed by atoms with Crippen molar-refractivity contribution in [1.29, 1.82) is 5.26 Å². The van der Waals surface area contributed by atoms with Gasteiger partial charge in [-0.25, -0.2) is 4.79 Å². The number of carboxylic acids is 1. The molecule has 0 radical (unpaired) electrons. The van der Waals surface area contributed by atoms with Gasteiger partial charge < -0.3 is 9.84 Å². The van der Waals surface area contributed by atoms with Gasteiger partial charge in [-0.3, -0.25) is 0 Å². The standard InChI is InChI=1S/C7H9NO3/c1-3-6(11-2)5(4-8)7(9)10/h3H2,1-2H3,(H,9,10)/b6-5+. The van der Waals surface area contributed by atoms with E-state index in [0.29, 0.717) is 6.42 Å². The lowest BCUT2D eigenvalue weighted by molar-refractivity contribution is -0.132. The highest BCUT2D eigenvalue weighted by molar-refractivity contribution is 5.91. The summed E-state index contributed by atoms with van der Waals surface area (Å²) >= 11 is 0. The molecular weight excluding hydrogens is 146 g/mol. The van der Waals surface area contributed by atoms with E-state index in [9.17, 15) is 4.79 Å². The molecule has 0 saturated heterocycles. The summed E-state index contributed by atoms with van der Waals surface area (Å²) in [6.45, 7) is 1.72. The fraction of sp³-hybridized carbons (Fsp3) is 0.429. The molecule has 0 rings (SSSR count). The number of allylic oxidation sites excluding steroid dienone is 1. The predicted molar refractivity (Wildman–Crippen MR) is 37.6 cm³/mol. The Morgan fingerprint density at radius 1 is 1.73 bits per heavy atom. The normalized spacial score (nSPS) is 11.4. The van der Waals surface area contributed by atoms with Gasteiger partial charge in [0.05, 0.1) is 7.11 Å². The van der Waals surface area contributed by atoms with Crippen LogP contribution in [0, 0.1) is 11.3 Å². The first-order valence-corrected chi connectivity index (χ1v) is 3.07. The minimum absolute atomic E-state index is 0.208. The molecule has 4 heteroatoms. The first kappa shape index (κ1) is 9.50. The Bertz CT molecular complexity index is 218. The molecule has 0 aliphatic rings. The molecule has 0 aromatic rings. The summed E-state index contributed by atoms with van der Waals surface area (Å²) in [5, 5.41) is 16.8. The molecule has 0 unspecified atom stereocenters. The van der Waals surface area contributed by atoms with E-state index < -0.39 is 5.97 Å². The van der Waals surface area contributed by atoms with E-state index in [1.54, 1.807) is 13.0 Å². The number of methoxy groups -OCH3 is 1. The average Bonchev–Trinajstić information content (AvgIpc) is 1.99. The first-order chi connectivity index (χ1) is 5.17. The largest absolute Gasteiger partial charge is 0.499 e. The summed E-state index contributed by atoms with van der Waals surface area (Å²) in [4.78, 5) is 10.3. The monoisotopic (exact) mass is 155 g/mol. The van der Waals surface area contributed by atoms with Gasteiger partial charge in [0.15, 0.2) is 5.57 Å². The van der Waals surface area contributed by atoms with E-state index in [4.69, 9.17) is 15.1 Å². The second kappa shape index (κ2) is 4.34. The number of rotatable bonds is 3. The van der Waals surface area contributed by atoms with Crippen molar-refractivity contribution in [3.8, 4) is 6.07 Å². The fourth-order valence-electron chi connectivity index (χ4n) is 0.653. The van der Waals surface area contributed by atoms with Crippen LogP contribution in [0.5, 0.6) is 0 Å². The molecule has 0 aromatic heterocycles. The molecule has 0 heterocycles. The van der Waals surface area contributed by atoms with Crippen LogP contribution in [0.2, 0.25) is 0 Å². The van der Waals surface area contributed by atoms with Crippen LogP contribution in [-0.4, -0.2) is 18.2 Å². The Balaban J connectivity index is 4.82. The van der Waals surface area contributed by atoms with Gasteiger partial charge in [-0.2, -0.15) is 5.26 Å². The minimum atomic E-state index is -1.24. The Labute approximate surface area is 64.7 Å². The molecule has 4 nitrogen and oxygen atoms in total. The van der Waals surface area contributed by atoms with Gasteiger partial charge in [0.1, 0.15) is 11.8 Å². The smallest absolute Gasteiger partial charge is 0.349 e. The predicted octanol–water partition coefficient (Wildman–Crippen LogP) is 0.905. The van der Waals surface area contributed by atoms with E-state index in [-0.39, 0.29) is 11.3 Å². The molecule has 0 spiro atoms. The summed E-state index contributed by atoms with van der Waals surface area (Å²) in [6, 6.07) is 1.56. The maximum Gasteiger partial charge on any atom is 0.349 e. The average molecular weight is 155 g/mol. The maximum atomic E-state index is 10.3. The molecule has 60 valence electrons. The van der Waals surface area contributed by atoms with E-state index in [1.807, 2.05) is 0 Å². The number of carboxylic acid groups (broad SMARTS) is 1. The van der Waals surface area contributed by atoms with Crippen molar-refractivity contribution in [2.75, 3.05) is 7.11 Å². The number of ether oxygens (including phenoxy) is 1. The number of nitrogens with zero attached hydrogens (tertiary/aromatic N) is 1. The molecule has 1 N–H and O–H groups in total. The maximum absolute atomic E-state index is 10.3. The first-order valence-electron chi connectivity index (χ1n) is 3.07. The molecule has 0 fully saturated rings. The molecule has 0 bridgehead atoms. The fourth-order valence-corrected chi connectivity index (χ4v) is 0.653. The van der Waals surface area contributed by atoms with Gasteiger partial charge in [-0.05, 0) is 0 Å². The zero-order valence-corrected chi connectivity index (χ0v) is 6.42. The number of carbonyl (C=O) groups is 1. The van der Waals surface area contributed by atoms with E-state index in [0.717, 1.165) is 0 Å². The topological polar surface area (TPSA) is 70.3 Å². The molecule has 0 saturated carbocycles. The quantitative estimate of drug-likeness (QED) is 0.373. The van der Waals surface area contributed by atoms with Gasteiger partial charge in [-0.1, -0.05) is 6.92 Å². The van der Waals surface area contributed by atoms with Crippen molar-refractivity contribution >= 4 is 5.97 Å². The number of nitriles is 1. The summed E-state index contributed by atoms with van der Waals surface area (Å²) < 4.78 is 4.69. The third-order valence-corrected chi connectivity index (χ3v) is 1.17. The van der Waals surface area contributed by atoms with Crippen LogP contribution in [0.3, 0.4) is 0 Å². The van der Waals surface area contributed by atoms with Gasteiger partial charge in [0.25, 0.3) is 0 Å². The lowest BCUT2D eigenvalue weighted by Gasteiger charge is -2.01. The second-order valence-electron chi connectivity index (χ2n) is 1.77. The highest BCUT2D eigenvalue weighted by Crippen LogP contribution is 2.08. The Morgan fingerprint density at radius 2 is 2.27 bits per heavy atom. The van der Waals surface area contributed by atoms with Crippen molar-refractivity contribution in [3.63, 3.8) is 0 Å². The molecule has 11 heavy (non-hydrogen) atoms. The zero-order chi connectivity index (χ0) is 8.85. The zero-order valence-electron chi connectivity index (χ0n) is 6.42. The lowest BCUT2D eigenvalue weighted by atomic mass is 10.2. The molecule has 0 aliphatic carbocycles. The highest BCUT2D eigenvalue weighted by atomic mass is 16.5. The molecule has 0 amide bonds. The highest BCUT2D eigenvalue weighted by Gasteiger charge is 2.12. The molecular formula is C7H9NO3.